The molecular formula is C5H8O2. The lowest BCUT2D eigenvalue weighted by molar-refractivity contribution is 0.0452. The van der Waals surface area contributed by atoms with Crippen LogP contribution in [0.1, 0.15) is 6.92 Å². The van der Waals surface area contributed by atoms with Crippen LogP contribution < -0.4 is 0 Å². The van der Waals surface area contributed by atoms with Gasteiger partial charge in [0.15, 0.2) is 0 Å². The molecule has 1 unspecified atom stereocenters. The van der Waals surface area contributed by atoms with Crippen molar-refractivity contribution in [2.24, 2.45) is 0 Å². The van der Waals surface area contributed by atoms with Gasteiger partial charge in [0.25, 0.3) is 0 Å². The fourth-order valence-corrected chi connectivity index (χ4v) is 0.436. The van der Waals surface area contributed by atoms with Gasteiger partial charge in [-0.2, -0.15) is 0 Å². The molecule has 0 aromatic heterocycles. The Morgan fingerprint density at radius 2 is 2.43 bits per heavy atom. The smallest absolute Gasteiger partial charge is 0.129 e. The number of ether oxygens (including phenoxy) is 2. The summed E-state index contributed by atoms with van der Waals surface area (Å²) in [4.78, 5) is 0. The molecule has 0 amide bonds. The molecule has 7 heavy (non-hydrogen) atoms. The van der Waals surface area contributed by atoms with E-state index in [1.807, 2.05) is 6.92 Å². The normalized spacial score (nSPS) is 28.4. The van der Waals surface area contributed by atoms with Crippen LogP contribution in [0.25, 0.3) is 0 Å². The van der Waals surface area contributed by atoms with Crippen LogP contribution in [0.5, 0.6) is 0 Å². The molecule has 1 aliphatic rings. The van der Waals surface area contributed by atoms with Crippen LogP contribution in [-0.4, -0.2) is 12.7 Å². The average molecular weight is 100 g/mol. The molecule has 1 atom stereocenters. The fourth-order valence-electron chi connectivity index (χ4n) is 0.436. The van der Waals surface area contributed by atoms with E-state index in [-0.39, 0.29) is 6.10 Å². The van der Waals surface area contributed by atoms with Crippen molar-refractivity contribution in [2.75, 3.05) is 6.61 Å². The van der Waals surface area contributed by atoms with Crippen LogP contribution in [0.2, 0.25) is 0 Å². The molecule has 0 radical (unpaired) electrons. The molecule has 0 aromatic rings. The second-order valence-electron chi connectivity index (χ2n) is 1.55. The summed E-state index contributed by atoms with van der Waals surface area (Å²) >= 11 is 0. The highest BCUT2D eigenvalue weighted by molar-refractivity contribution is 4.69. The zero-order valence-corrected chi connectivity index (χ0v) is 4.26. The molecule has 40 valence electrons. The van der Waals surface area contributed by atoms with Crippen molar-refractivity contribution >= 4 is 0 Å². The second kappa shape index (κ2) is 1.87. The third-order valence-electron chi connectivity index (χ3n) is 0.794. The minimum atomic E-state index is 0.227. The highest BCUT2D eigenvalue weighted by atomic mass is 16.6. The summed E-state index contributed by atoms with van der Waals surface area (Å²) in [7, 11) is 0. The molecule has 2 heteroatoms. The summed E-state index contributed by atoms with van der Waals surface area (Å²) in [6.07, 6.45) is 3.35. The third-order valence-corrected chi connectivity index (χ3v) is 0.794. The minimum Gasteiger partial charge on any atom is -0.494 e. The van der Waals surface area contributed by atoms with Crippen LogP contribution in [0.4, 0.5) is 0 Å². The fraction of sp³-hybridized carbons (Fsp3) is 0.600. The number of hydrogen-bond donors (Lipinski definition) is 0. The predicted octanol–water partition coefficient (Wildman–Crippen LogP) is 0.893. The molecule has 0 aliphatic carbocycles. The van der Waals surface area contributed by atoms with Gasteiger partial charge in [0.1, 0.15) is 25.2 Å². The van der Waals surface area contributed by atoms with Gasteiger partial charge in [0.05, 0.1) is 0 Å². The number of rotatable bonds is 0. The Balaban J connectivity index is 2.32. The van der Waals surface area contributed by atoms with Gasteiger partial charge in [-0.3, -0.25) is 0 Å². The van der Waals surface area contributed by atoms with E-state index >= 15 is 0 Å². The first-order valence-electron chi connectivity index (χ1n) is 2.31. The van der Waals surface area contributed by atoms with E-state index in [1.54, 1.807) is 12.5 Å². The van der Waals surface area contributed by atoms with Gasteiger partial charge >= 0.3 is 0 Å². The summed E-state index contributed by atoms with van der Waals surface area (Å²) in [5.41, 5.74) is 0. The molecule has 0 bridgehead atoms. The van der Waals surface area contributed by atoms with E-state index in [0.717, 1.165) is 0 Å². The topological polar surface area (TPSA) is 18.5 Å². The monoisotopic (exact) mass is 100 g/mol. The zero-order valence-electron chi connectivity index (χ0n) is 4.26. The summed E-state index contributed by atoms with van der Waals surface area (Å²) in [5, 5.41) is 0. The van der Waals surface area contributed by atoms with Crippen molar-refractivity contribution in [3.8, 4) is 0 Å². The van der Waals surface area contributed by atoms with Crippen molar-refractivity contribution in [2.45, 2.75) is 13.0 Å². The molecule has 0 saturated heterocycles. The van der Waals surface area contributed by atoms with Crippen LogP contribution in [0, 0.1) is 0 Å². The highest BCUT2D eigenvalue weighted by Crippen LogP contribution is 1.98. The van der Waals surface area contributed by atoms with E-state index in [1.165, 1.54) is 0 Å². The van der Waals surface area contributed by atoms with Gasteiger partial charge in [-0.15, -0.1) is 0 Å². The van der Waals surface area contributed by atoms with Crippen molar-refractivity contribution in [3.05, 3.63) is 12.5 Å². The molecule has 2 nitrogen and oxygen atoms in total. The van der Waals surface area contributed by atoms with E-state index in [0.29, 0.717) is 6.61 Å². The summed E-state index contributed by atoms with van der Waals surface area (Å²) < 4.78 is 9.85. The van der Waals surface area contributed by atoms with Crippen molar-refractivity contribution in [1.29, 1.82) is 0 Å². The predicted molar refractivity (Wildman–Crippen MR) is 25.6 cm³/mol. The van der Waals surface area contributed by atoms with E-state index in [4.69, 9.17) is 9.47 Å². The first kappa shape index (κ1) is 4.50. The first-order valence-corrected chi connectivity index (χ1v) is 2.31. The molecular weight excluding hydrogens is 92.1 g/mol. The second-order valence-corrected chi connectivity index (χ2v) is 1.55. The average Bonchev–Trinajstić information content (AvgIpc) is 1.69. The maximum Gasteiger partial charge on any atom is 0.129 e. The zero-order chi connectivity index (χ0) is 5.11. The Morgan fingerprint density at radius 1 is 1.57 bits per heavy atom. The SMILES string of the molecule is CC1COC=CO1. The Morgan fingerprint density at radius 3 is 2.71 bits per heavy atom. The third kappa shape index (κ3) is 1.11. The molecule has 0 N–H and O–H groups in total. The first-order chi connectivity index (χ1) is 3.39. The molecule has 0 aromatic carbocycles. The van der Waals surface area contributed by atoms with Crippen LogP contribution in [0.3, 0.4) is 0 Å². The van der Waals surface area contributed by atoms with Crippen LogP contribution >= 0.6 is 0 Å². The molecule has 0 saturated carbocycles. The van der Waals surface area contributed by atoms with E-state index in [9.17, 15) is 0 Å². The standard InChI is InChI=1S/C5H8O2/c1-5-4-6-2-3-7-5/h2-3,5H,4H2,1H3. The minimum absolute atomic E-state index is 0.227. The lowest BCUT2D eigenvalue weighted by Gasteiger charge is -2.14. The Kier molecular flexibility index (Phi) is 1.20. The summed E-state index contributed by atoms with van der Waals surface area (Å²) in [6.45, 7) is 2.64. The van der Waals surface area contributed by atoms with Gasteiger partial charge in [0.2, 0.25) is 0 Å². The van der Waals surface area contributed by atoms with Crippen LogP contribution in [0.15, 0.2) is 12.5 Å². The maximum atomic E-state index is 4.97. The van der Waals surface area contributed by atoms with E-state index in [2.05, 4.69) is 0 Å². The van der Waals surface area contributed by atoms with Crippen molar-refractivity contribution in [3.63, 3.8) is 0 Å². The molecule has 1 rings (SSSR count). The van der Waals surface area contributed by atoms with Gasteiger partial charge in [-0.05, 0) is 6.92 Å². The van der Waals surface area contributed by atoms with Crippen molar-refractivity contribution in [1.82, 2.24) is 0 Å². The number of hydrogen-bond acceptors (Lipinski definition) is 2. The summed E-state index contributed by atoms with van der Waals surface area (Å²) in [5.74, 6) is 0. The Bertz CT molecular complexity index is 78.1. The largest absolute Gasteiger partial charge is 0.494 e. The molecule has 1 heterocycles. The molecule has 1 aliphatic heterocycles. The van der Waals surface area contributed by atoms with E-state index < -0.39 is 0 Å². The van der Waals surface area contributed by atoms with Gasteiger partial charge in [-0.25, -0.2) is 0 Å². The van der Waals surface area contributed by atoms with Gasteiger partial charge < -0.3 is 9.47 Å². The summed E-state index contributed by atoms with van der Waals surface area (Å²) in [6, 6.07) is 0. The highest BCUT2D eigenvalue weighted by Gasteiger charge is 2.01. The van der Waals surface area contributed by atoms with Gasteiger partial charge in [0, 0.05) is 0 Å². The molecule has 0 fully saturated rings. The Labute approximate surface area is 42.7 Å². The Hall–Kier alpha value is -0.660. The lowest BCUT2D eigenvalue weighted by Crippen LogP contribution is -2.14. The van der Waals surface area contributed by atoms with Crippen LogP contribution in [-0.2, 0) is 9.47 Å². The van der Waals surface area contributed by atoms with Crippen molar-refractivity contribution < 1.29 is 9.47 Å². The lowest BCUT2D eigenvalue weighted by atomic mass is 10.4. The van der Waals surface area contributed by atoms with Gasteiger partial charge in [-0.1, -0.05) is 0 Å². The quantitative estimate of drug-likeness (QED) is 0.450. The maximum absolute atomic E-state index is 4.97. The molecule has 0 spiro atoms.